The molecular formula is C20H25ClO5S2. The molecule has 0 amide bonds. The van der Waals surface area contributed by atoms with Gasteiger partial charge in [0.15, 0.2) is 0 Å². The van der Waals surface area contributed by atoms with E-state index in [9.17, 15) is 19.8 Å². The van der Waals surface area contributed by atoms with Crippen LogP contribution in [0.15, 0.2) is 36.4 Å². The molecule has 1 aromatic carbocycles. The third kappa shape index (κ3) is 7.79. The summed E-state index contributed by atoms with van der Waals surface area (Å²) in [6.45, 7) is 0. The smallest absolute Gasteiger partial charge is 0.313 e. The molecular weight excluding hydrogens is 420 g/mol. The van der Waals surface area contributed by atoms with E-state index in [4.69, 9.17) is 16.7 Å². The summed E-state index contributed by atoms with van der Waals surface area (Å²) in [5.74, 6) is 0.426. The van der Waals surface area contributed by atoms with Crippen LogP contribution in [0.25, 0.3) is 0 Å². The molecule has 1 aromatic rings. The fourth-order valence-electron chi connectivity index (χ4n) is 3.03. The molecule has 1 aliphatic rings. The molecule has 1 aliphatic carbocycles. The van der Waals surface area contributed by atoms with Gasteiger partial charge in [-0.25, -0.2) is 0 Å². The molecule has 1 fully saturated rings. The van der Waals surface area contributed by atoms with Crippen molar-refractivity contribution in [1.82, 2.24) is 0 Å². The van der Waals surface area contributed by atoms with Gasteiger partial charge in [-0.3, -0.25) is 9.59 Å². The van der Waals surface area contributed by atoms with Crippen molar-refractivity contribution in [3.63, 3.8) is 0 Å². The molecule has 28 heavy (non-hydrogen) atoms. The van der Waals surface area contributed by atoms with E-state index in [1.165, 1.54) is 23.5 Å². The Hall–Kier alpha value is -0.990. The number of thioether (sulfide) groups is 2. The number of aliphatic hydroxyl groups excluding tert-OH is 2. The lowest BCUT2D eigenvalue weighted by molar-refractivity contribution is -0.133. The van der Waals surface area contributed by atoms with E-state index in [0.29, 0.717) is 11.4 Å². The second kappa shape index (κ2) is 11.9. The number of aliphatic hydroxyl groups is 2. The van der Waals surface area contributed by atoms with Crippen molar-refractivity contribution in [1.29, 1.82) is 0 Å². The van der Waals surface area contributed by atoms with Crippen LogP contribution in [0.3, 0.4) is 0 Å². The summed E-state index contributed by atoms with van der Waals surface area (Å²) in [6, 6.07) is 7.25. The standard InChI is InChI=1S/C20H25ClO5S2/c21-14-4-2-13(3-5-14)10-15(22)6-7-16-17(23)11-18(24)20(16)28-9-1-8-27-12-19(25)26/h2-7,15-17,20,22-23H,1,8-12H2,(H,25,26)/b7-6+/t15?,16-,17+,20+/m0/s1. The van der Waals surface area contributed by atoms with E-state index in [1.807, 2.05) is 12.1 Å². The van der Waals surface area contributed by atoms with Gasteiger partial charge in [0.25, 0.3) is 0 Å². The largest absolute Gasteiger partial charge is 0.481 e. The Morgan fingerprint density at radius 2 is 2.00 bits per heavy atom. The molecule has 5 nitrogen and oxygen atoms in total. The van der Waals surface area contributed by atoms with Crippen LogP contribution >= 0.6 is 35.1 Å². The van der Waals surface area contributed by atoms with E-state index in [-0.39, 0.29) is 29.1 Å². The highest BCUT2D eigenvalue weighted by molar-refractivity contribution is 8.01. The lowest BCUT2D eigenvalue weighted by Crippen LogP contribution is -2.22. The van der Waals surface area contributed by atoms with Crippen LogP contribution in [0.1, 0.15) is 18.4 Å². The summed E-state index contributed by atoms with van der Waals surface area (Å²) in [6.07, 6.45) is 3.34. The van der Waals surface area contributed by atoms with Crippen molar-refractivity contribution in [2.75, 3.05) is 17.3 Å². The number of benzene rings is 1. The molecule has 8 heteroatoms. The van der Waals surface area contributed by atoms with E-state index in [2.05, 4.69) is 0 Å². The van der Waals surface area contributed by atoms with Crippen molar-refractivity contribution in [2.24, 2.45) is 5.92 Å². The van der Waals surface area contributed by atoms with Crippen LogP contribution in [-0.4, -0.2) is 61.8 Å². The Morgan fingerprint density at radius 1 is 1.29 bits per heavy atom. The fourth-order valence-corrected chi connectivity index (χ4v) is 5.34. The lowest BCUT2D eigenvalue weighted by atomic mass is 10.0. The SMILES string of the molecule is O=C(O)CSCCCS[C@H]1C(=O)C[C@@H](O)[C@@H]1/C=C/C(O)Cc1ccc(Cl)cc1. The van der Waals surface area contributed by atoms with Gasteiger partial charge in [0, 0.05) is 23.8 Å². The normalized spacial score (nSPS) is 23.4. The highest BCUT2D eigenvalue weighted by Crippen LogP contribution is 2.34. The molecule has 154 valence electrons. The number of carbonyl (C=O) groups is 2. The highest BCUT2D eigenvalue weighted by atomic mass is 35.5. The minimum absolute atomic E-state index is 0.0255. The van der Waals surface area contributed by atoms with Crippen molar-refractivity contribution < 1.29 is 24.9 Å². The minimum Gasteiger partial charge on any atom is -0.481 e. The van der Waals surface area contributed by atoms with Gasteiger partial charge in [-0.1, -0.05) is 35.9 Å². The van der Waals surface area contributed by atoms with Gasteiger partial charge in [0.1, 0.15) is 5.78 Å². The fraction of sp³-hybridized carbons (Fsp3) is 0.500. The van der Waals surface area contributed by atoms with Crippen LogP contribution < -0.4 is 0 Å². The highest BCUT2D eigenvalue weighted by Gasteiger charge is 2.40. The van der Waals surface area contributed by atoms with E-state index >= 15 is 0 Å². The Labute approximate surface area is 178 Å². The predicted octanol–water partition coefficient (Wildman–Crippen LogP) is 3.06. The Bertz CT molecular complexity index is 680. The number of carbonyl (C=O) groups excluding carboxylic acids is 1. The summed E-state index contributed by atoms with van der Waals surface area (Å²) in [5.41, 5.74) is 0.953. The van der Waals surface area contributed by atoms with Crippen molar-refractivity contribution in [2.45, 2.75) is 36.7 Å². The van der Waals surface area contributed by atoms with Crippen molar-refractivity contribution in [3.05, 3.63) is 47.0 Å². The summed E-state index contributed by atoms with van der Waals surface area (Å²) in [7, 11) is 0. The zero-order valence-electron chi connectivity index (χ0n) is 15.4. The molecule has 4 atom stereocenters. The van der Waals surface area contributed by atoms with Crippen molar-refractivity contribution in [3.8, 4) is 0 Å². The molecule has 1 saturated carbocycles. The summed E-state index contributed by atoms with van der Waals surface area (Å²) >= 11 is 8.72. The molecule has 3 N–H and O–H groups in total. The maximum atomic E-state index is 12.2. The van der Waals surface area contributed by atoms with Gasteiger partial charge in [0.2, 0.25) is 0 Å². The molecule has 0 bridgehead atoms. The average Bonchev–Trinajstić information content (AvgIpc) is 2.91. The summed E-state index contributed by atoms with van der Waals surface area (Å²) < 4.78 is 0. The molecule has 2 rings (SSSR count). The Balaban J connectivity index is 1.82. The maximum Gasteiger partial charge on any atom is 0.313 e. The number of hydrogen-bond donors (Lipinski definition) is 3. The predicted molar refractivity (Wildman–Crippen MR) is 115 cm³/mol. The second-order valence-corrected chi connectivity index (χ2v) is 9.48. The van der Waals surface area contributed by atoms with Gasteiger partial charge in [-0.2, -0.15) is 11.8 Å². The first kappa shape index (κ1) is 23.3. The first-order valence-electron chi connectivity index (χ1n) is 9.09. The number of halogens is 1. The number of rotatable bonds is 11. The third-order valence-corrected chi connectivity index (χ3v) is 7.13. The van der Waals surface area contributed by atoms with E-state index in [0.717, 1.165) is 23.5 Å². The van der Waals surface area contributed by atoms with Crippen molar-refractivity contribution >= 4 is 46.9 Å². The molecule has 0 spiro atoms. The number of hydrogen-bond acceptors (Lipinski definition) is 6. The number of carboxylic acid groups (broad SMARTS) is 1. The van der Waals surface area contributed by atoms with Gasteiger partial charge in [0.05, 0.1) is 23.2 Å². The molecule has 1 unspecified atom stereocenters. The maximum absolute atomic E-state index is 12.2. The first-order valence-corrected chi connectivity index (χ1v) is 11.7. The zero-order chi connectivity index (χ0) is 20.5. The van der Waals surface area contributed by atoms with Crippen LogP contribution in [0.2, 0.25) is 5.02 Å². The molecule has 0 radical (unpaired) electrons. The average molecular weight is 445 g/mol. The van der Waals surface area contributed by atoms with Crippen LogP contribution in [0.5, 0.6) is 0 Å². The summed E-state index contributed by atoms with van der Waals surface area (Å²) in [4.78, 5) is 22.7. The van der Waals surface area contributed by atoms with Gasteiger partial charge >= 0.3 is 5.97 Å². The molecule has 0 aliphatic heterocycles. The molecule has 0 aromatic heterocycles. The first-order chi connectivity index (χ1) is 13.4. The monoisotopic (exact) mass is 444 g/mol. The van der Waals surface area contributed by atoms with Crippen LogP contribution in [0, 0.1) is 5.92 Å². The topological polar surface area (TPSA) is 94.8 Å². The van der Waals surface area contributed by atoms with Gasteiger partial charge < -0.3 is 15.3 Å². The quantitative estimate of drug-likeness (QED) is 0.356. The zero-order valence-corrected chi connectivity index (χ0v) is 17.8. The number of carboxylic acids is 1. The third-order valence-electron chi connectivity index (χ3n) is 4.39. The lowest BCUT2D eigenvalue weighted by Gasteiger charge is -2.17. The van der Waals surface area contributed by atoms with Gasteiger partial charge in [-0.15, -0.1) is 11.8 Å². The Morgan fingerprint density at radius 3 is 2.68 bits per heavy atom. The van der Waals surface area contributed by atoms with Crippen LogP contribution in [0.4, 0.5) is 0 Å². The number of ketones is 1. The van der Waals surface area contributed by atoms with Gasteiger partial charge in [-0.05, 0) is 35.6 Å². The van der Waals surface area contributed by atoms with E-state index < -0.39 is 18.2 Å². The second-order valence-electron chi connectivity index (χ2n) is 6.69. The van der Waals surface area contributed by atoms with E-state index in [1.54, 1.807) is 24.3 Å². The molecule has 0 heterocycles. The molecule has 0 saturated heterocycles. The summed E-state index contributed by atoms with van der Waals surface area (Å²) in [5, 5.41) is 29.4. The Kier molecular flexibility index (Phi) is 9.88. The number of Topliss-reactive ketones (excluding diaryl/α,β-unsaturated/α-hetero) is 1. The number of aliphatic carboxylic acids is 1. The minimum atomic E-state index is -0.825. The van der Waals surface area contributed by atoms with Crippen LogP contribution in [-0.2, 0) is 16.0 Å².